The van der Waals surface area contributed by atoms with Crippen molar-refractivity contribution in [3.63, 3.8) is 0 Å². The molecule has 0 rings (SSSR count). The molecule has 0 atom stereocenters. The predicted molar refractivity (Wildman–Crippen MR) is 169 cm³/mol. The highest BCUT2D eigenvalue weighted by Gasteiger charge is 2.34. The Morgan fingerprint density at radius 3 is 1.11 bits per heavy atom. The average molecular weight is 587 g/mol. The minimum atomic E-state index is -0.474. The highest BCUT2D eigenvalue weighted by Crippen LogP contribution is 2.40. The Labute approximate surface area is 235 Å². The van der Waals surface area contributed by atoms with E-state index in [1.165, 1.54) is 50.6 Å². The minimum absolute atomic E-state index is 0.318. The molecule has 0 saturated carbocycles. The Balaban J connectivity index is 4.99. The minimum Gasteiger partial charge on any atom is -0.354 e. The molecule has 9 heteroatoms. The lowest BCUT2D eigenvalue weighted by Crippen LogP contribution is -2.45. The Hall–Kier alpha value is 1.32. The van der Waals surface area contributed by atoms with Gasteiger partial charge in [0.15, 0.2) is 10.8 Å². The van der Waals surface area contributed by atoms with Crippen LogP contribution in [0, 0.1) is 0 Å². The highest BCUT2D eigenvalue weighted by molar-refractivity contribution is 9.09. The maximum atomic E-state index is 6.44. The van der Waals surface area contributed by atoms with Crippen molar-refractivity contribution in [3.05, 3.63) is 0 Å². The molecule has 0 aliphatic carbocycles. The van der Waals surface area contributed by atoms with Crippen LogP contribution >= 0.6 is 31.4 Å². The molecule has 0 radical (unpaired) electrons. The fourth-order valence-electron chi connectivity index (χ4n) is 3.74. The molecule has 0 N–H and O–H groups in total. The van der Waals surface area contributed by atoms with E-state index >= 15 is 0 Å². The second-order valence-corrected chi connectivity index (χ2v) is 18.2. The van der Waals surface area contributed by atoms with Crippen molar-refractivity contribution in [3.8, 4) is 0 Å². The van der Waals surface area contributed by atoms with Crippen LogP contribution in [0.15, 0.2) is 0 Å². The molecule has 0 aromatic rings. The standard InChI is InChI=1S/C26H58O4S3Si2/c1-7-13-15-21-34-25(27-17-9-3,28-18-10-4)23-31-33-32-24-26(29-19-11-5,30-20-12-6)35-22-16-14-8-2/h7-24,34-35H2,1-6H3. The van der Waals surface area contributed by atoms with Crippen molar-refractivity contribution < 1.29 is 18.9 Å². The molecule has 0 aliphatic rings. The molecule has 0 aromatic carbocycles. The zero-order valence-corrected chi connectivity index (χ0v) is 29.3. The molecule has 0 bridgehead atoms. The second kappa shape index (κ2) is 25.6. The fraction of sp³-hybridized carbons (Fsp3) is 1.00. The zero-order chi connectivity index (χ0) is 26.1. The first-order chi connectivity index (χ1) is 17.1. The van der Waals surface area contributed by atoms with Crippen LogP contribution in [0.4, 0.5) is 0 Å². The third-order valence-electron chi connectivity index (χ3n) is 5.75. The van der Waals surface area contributed by atoms with Crippen LogP contribution in [0.1, 0.15) is 106 Å². The van der Waals surface area contributed by atoms with Gasteiger partial charge >= 0.3 is 0 Å². The first-order valence-corrected chi connectivity index (χ1v) is 21.8. The lowest BCUT2D eigenvalue weighted by atomic mass is 10.3. The highest BCUT2D eigenvalue weighted by atomic mass is 33.5. The van der Waals surface area contributed by atoms with Gasteiger partial charge in [-0.3, -0.25) is 0 Å². The summed E-state index contributed by atoms with van der Waals surface area (Å²) in [4.78, 5) is 0. The van der Waals surface area contributed by atoms with Crippen molar-refractivity contribution in [2.24, 2.45) is 0 Å². The molecular weight excluding hydrogens is 529 g/mol. The summed E-state index contributed by atoms with van der Waals surface area (Å²) in [5, 5.41) is 0. The summed E-state index contributed by atoms with van der Waals surface area (Å²) in [6.07, 6.45) is 12.0. The van der Waals surface area contributed by atoms with Crippen LogP contribution in [-0.2, 0) is 18.9 Å². The second-order valence-electron chi connectivity index (χ2n) is 9.43. The van der Waals surface area contributed by atoms with Gasteiger partial charge in [0.2, 0.25) is 0 Å². The van der Waals surface area contributed by atoms with E-state index in [9.17, 15) is 0 Å². The van der Waals surface area contributed by atoms with Crippen LogP contribution in [0.2, 0.25) is 12.1 Å². The van der Waals surface area contributed by atoms with Gasteiger partial charge in [0, 0.05) is 26.4 Å². The molecule has 0 spiro atoms. The molecule has 0 fully saturated rings. The molecule has 4 nitrogen and oxygen atoms in total. The van der Waals surface area contributed by atoms with Gasteiger partial charge in [-0.25, -0.2) is 0 Å². The SMILES string of the molecule is CCCCC[SiH2]C(CSSSCC(OCCC)(OCCC)[SiH2]CCCCC)(OCCC)OCCC. The van der Waals surface area contributed by atoms with Crippen LogP contribution in [0.3, 0.4) is 0 Å². The topological polar surface area (TPSA) is 36.9 Å². The summed E-state index contributed by atoms with van der Waals surface area (Å²) in [5.74, 6) is 1.85. The van der Waals surface area contributed by atoms with Crippen molar-refractivity contribution in [2.75, 3.05) is 37.9 Å². The van der Waals surface area contributed by atoms with Crippen LogP contribution in [0.5, 0.6) is 0 Å². The van der Waals surface area contributed by atoms with Crippen LogP contribution in [-0.4, -0.2) is 67.8 Å². The van der Waals surface area contributed by atoms with Crippen molar-refractivity contribution >= 4 is 50.5 Å². The first kappa shape index (κ1) is 36.3. The Morgan fingerprint density at radius 2 is 0.829 bits per heavy atom. The lowest BCUT2D eigenvalue weighted by molar-refractivity contribution is -0.165. The van der Waals surface area contributed by atoms with Crippen LogP contribution < -0.4 is 0 Å². The molecular formula is C26H58O4S3Si2. The predicted octanol–water partition coefficient (Wildman–Crippen LogP) is 7.58. The van der Waals surface area contributed by atoms with E-state index in [2.05, 4.69) is 41.5 Å². The van der Waals surface area contributed by atoms with Crippen molar-refractivity contribution in [2.45, 2.75) is 129 Å². The van der Waals surface area contributed by atoms with Gasteiger partial charge in [0.1, 0.15) is 0 Å². The fourth-order valence-corrected chi connectivity index (χ4v) is 13.7. The Bertz CT molecular complexity index is 397. The van der Waals surface area contributed by atoms with E-state index in [0.717, 1.165) is 63.6 Å². The van der Waals surface area contributed by atoms with Crippen LogP contribution in [0.25, 0.3) is 0 Å². The summed E-state index contributed by atoms with van der Waals surface area (Å²) in [6, 6.07) is 2.61. The normalized spacial score (nSPS) is 13.2. The van der Waals surface area contributed by atoms with Gasteiger partial charge in [-0.05, 0) is 35.5 Å². The van der Waals surface area contributed by atoms with Gasteiger partial charge < -0.3 is 18.9 Å². The summed E-state index contributed by atoms with van der Waals surface area (Å²) in [6.45, 7) is 16.5. The summed E-state index contributed by atoms with van der Waals surface area (Å²) < 4.78 is 25.8. The van der Waals surface area contributed by atoms with E-state index in [1.54, 1.807) is 0 Å². The molecule has 0 aromatic heterocycles. The van der Waals surface area contributed by atoms with Gasteiger partial charge in [-0.2, -0.15) is 0 Å². The number of hydrogen-bond donors (Lipinski definition) is 0. The zero-order valence-electron chi connectivity index (χ0n) is 24.0. The average Bonchev–Trinajstić information content (AvgIpc) is 2.88. The molecule has 0 aliphatic heterocycles. The van der Waals surface area contributed by atoms with E-state index in [1.807, 2.05) is 31.4 Å². The number of ether oxygens (including phenoxy) is 4. The molecule has 0 amide bonds. The largest absolute Gasteiger partial charge is 0.354 e. The number of rotatable bonds is 28. The third kappa shape index (κ3) is 19.1. The number of unbranched alkanes of at least 4 members (excludes halogenated alkanes) is 4. The smallest absolute Gasteiger partial charge is 0.154 e. The van der Waals surface area contributed by atoms with Gasteiger partial charge in [-0.15, -0.1) is 0 Å². The summed E-state index contributed by atoms with van der Waals surface area (Å²) in [7, 11) is 4.77. The molecule has 35 heavy (non-hydrogen) atoms. The van der Waals surface area contributed by atoms with Crippen molar-refractivity contribution in [1.29, 1.82) is 0 Å². The molecule has 0 saturated heterocycles. The Kier molecular flexibility index (Phi) is 26.6. The maximum absolute atomic E-state index is 6.44. The van der Waals surface area contributed by atoms with Gasteiger partial charge in [-0.1, -0.05) is 114 Å². The molecule has 0 heterocycles. The molecule has 212 valence electrons. The third-order valence-corrected chi connectivity index (χ3v) is 15.3. The quantitative estimate of drug-likeness (QED) is 0.0405. The van der Waals surface area contributed by atoms with E-state index in [-0.39, 0.29) is 10.8 Å². The monoisotopic (exact) mass is 586 g/mol. The summed E-state index contributed by atoms with van der Waals surface area (Å²) in [5.41, 5.74) is -0.636. The summed E-state index contributed by atoms with van der Waals surface area (Å²) >= 11 is 0. The van der Waals surface area contributed by atoms with E-state index in [4.69, 9.17) is 18.9 Å². The lowest BCUT2D eigenvalue weighted by Gasteiger charge is -2.35. The maximum Gasteiger partial charge on any atom is 0.154 e. The van der Waals surface area contributed by atoms with Crippen molar-refractivity contribution in [1.82, 2.24) is 0 Å². The van der Waals surface area contributed by atoms with Gasteiger partial charge in [0.25, 0.3) is 0 Å². The Morgan fingerprint density at radius 1 is 0.486 bits per heavy atom. The van der Waals surface area contributed by atoms with Gasteiger partial charge in [0.05, 0.1) is 30.5 Å². The first-order valence-electron chi connectivity index (χ1n) is 14.5. The molecule has 0 unspecified atom stereocenters. The number of hydrogen-bond acceptors (Lipinski definition) is 7. The van der Waals surface area contributed by atoms with E-state index < -0.39 is 19.0 Å². The van der Waals surface area contributed by atoms with E-state index in [0.29, 0.717) is 0 Å².